The van der Waals surface area contributed by atoms with Gasteiger partial charge in [0.1, 0.15) is 19.3 Å². The Bertz CT molecular complexity index is 619. The van der Waals surface area contributed by atoms with Crippen molar-refractivity contribution in [2.24, 2.45) is 0 Å². The molecule has 1 saturated heterocycles. The number of amides is 1. The Morgan fingerprint density at radius 3 is 3.00 bits per heavy atom. The second-order valence-electron chi connectivity index (χ2n) is 6.30. The Hall–Kier alpha value is -1.79. The first-order chi connectivity index (χ1) is 11.8. The minimum atomic E-state index is -0.0284. The molecule has 2 fully saturated rings. The van der Waals surface area contributed by atoms with Crippen molar-refractivity contribution in [2.75, 3.05) is 33.0 Å². The molecule has 3 atom stereocenters. The molecule has 6 nitrogen and oxygen atoms in total. The van der Waals surface area contributed by atoms with Crippen molar-refractivity contribution in [1.82, 2.24) is 4.90 Å². The Balaban J connectivity index is 1.59. The third-order valence-electron chi connectivity index (χ3n) is 4.97. The number of ether oxygens (including phenoxy) is 4. The summed E-state index contributed by atoms with van der Waals surface area (Å²) in [7, 11) is 0. The van der Waals surface area contributed by atoms with E-state index >= 15 is 0 Å². The van der Waals surface area contributed by atoms with Crippen LogP contribution in [0.15, 0.2) is 18.2 Å². The second kappa shape index (κ2) is 6.61. The van der Waals surface area contributed by atoms with Gasteiger partial charge in [-0.2, -0.15) is 0 Å². The molecular formula is C18H23NO5. The average molecular weight is 333 g/mol. The number of morpholine rings is 1. The van der Waals surface area contributed by atoms with Gasteiger partial charge in [-0.1, -0.05) is 6.07 Å². The lowest BCUT2D eigenvalue weighted by molar-refractivity contribution is -0.102. The first kappa shape index (κ1) is 15.7. The summed E-state index contributed by atoms with van der Waals surface area (Å²) < 4.78 is 23.0. The Morgan fingerprint density at radius 2 is 2.12 bits per heavy atom. The number of hydrogen-bond donors (Lipinski definition) is 0. The van der Waals surface area contributed by atoms with Crippen molar-refractivity contribution in [2.45, 2.75) is 38.0 Å². The van der Waals surface area contributed by atoms with Crippen molar-refractivity contribution >= 4 is 5.91 Å². The first-order valence-corrected chi connectivity index (χ1v) is 8.72. The average Bonchev–Trinajstić information content (AvgIpc) is 3.04. The molecular weight excluding hydrogens is 310 g/mol. The van der Waals surface area contributed by atoms with Crippen molar-refractivity contribution in [3.8, 4) is 11.5 Å². The van der Waals surface area contributed by atoms with Crippen LogP contribution in [-0.2, 0) is 9.47 Å². The maximum absolute atomic E-state index is 13.2. The number of fused-ring (bicyclic) bond motifs is 2. The van der Waals surface area contributed by atoms with Gasteiger partial charge in [-0.05, 0) is 31.9 Å². The summed E-state index contributed by atoms with van der Waals surface area (Å²) in [5.74, 6) is 1.21. The van der Waals surface area contributed by atoms with E-state index in [4.69, 9.17) is 18.9 Å². The van der Waals surface area contributed by atoms with E-state index in [0.717, 1.165) is 12.8 Å². The van der Waals surface area contributed by atoms with E-state index in [0.29, 0.717) is 50.0 Å². The van der Waals surface area contributed by atoms with Gasteiger partial charge < -0.3 is 23.8 Å². The summed E-state index contributed by atoms with van der Waals surface area (Å²) in [4.78, 5) is 15.1. The van der Waals surface area contributed by atoms with E-state index < -0.39 is 0 Å². The van der Waals surface area contributed by atoms with Gasteiger partial charge in [0.15, 0.2) is 11.5 Å². The normalized spacial score (nSPS) is 28.5. The lowest BCUT2D eigenvalue weighted by atomic mass is 10.1. The van der Waals surface area contributed by atoms with Gasteiger partial charge in [0, 0.05) is 13.2 Å². The molecule has 1 saturated carbocycles. The lowest BCUT2D eigenvalue weighted by Gasteiger charge is -2.39. The molecule has 0 bridgehead atoms. The van der Waals surface area contributed by atoms with Gasteiger partial charge >= 0.3 is 0 Å². The first-order valence-electron chi connectivity index (χ1n) is 8.72. The molecule has 2 aliphatic heterocycles. The fourth-order valence-electron chi connectivity index (χ4n) is 3.96. The van der Waals surface area contributed by atoms with Crippen molar-refractivity contribution < 1.29 is 23.7 Å². The fourth-order valence-corrected chi connectivity index (χ4v) is 3.96. The van der Waals surface area contributed by atoms with Gasteiger partial charge in [-0.3, -0.25) is 4.79 Å². The fraction of sp³-hybridized carbons (Fsp3) is 0.611. The third-order valence-corrected chi connectivity index (χ3v) is 4.97. The number of carbonyl (C=O) groups excluding carboxylic acids is 1. The number of nitrogens with zero attached hydrogens (tertiary/aromatic N) is 1. The zero-order chi connectivity index (χ0) is 16.5. The zero-order valence-corrected chi connectivity index (χ0v) is 13.9. The zero-order valence-electron chi connectivity index (χ0n) is 13.9. The second-order valence-corrected chi connectivity index (χ2v) is 6.30. The van der Waals surface area contributed by atoms with Crippen LogP contribution in [0.5, 0.6) is 11.5 Å². The maximum atomic E-state index is 13.2. The van der Waals surface area contributed by atoms with Crippen LogP contribution in [0.1, 0.15) is 30.1 Å². The van der Waals surface area contributed by atoms with Crippen molar-refractivity contribution in [3.05, 3.63) is 23.8 Å². The third kappa shape index (κ3) is 2.63. The molecule has 0 N–H and O–H groups in total. The largest absolute Gasteiger partial charge is 0.486 e. The quantitative estimate of drug-likeness (QED) is 0.845. The summed E-state index contributed by atoms with van der Waals surface area (Å²) in [6.07, 6.45) is 1.90. The molecule has 2 heterocycles. The van der Waals surface area contributed by atoms with Crippen molar-refractivity contribution in [3.63, 3.8) is 0 Å². The summed E-state index contributed by atoms with van der Waals surface area (Å²) in [5, 5.41) is 0. The molecule has 1 aromatic carbocycles. The minimum Gasteiger partial charge on any atom is -0.486 e. The topological polar surface area (TPSA) is 57.2 Å². The van der Waals surface area contributed by atoms with E-state index in [1.54, 1.807) is 0 Å². The number of hydrogen-bond acceptors (Lipinski definition) is 5. The van der Waals surface area contributed by atoms with Gasteiger partial charge in [-0.25, -0.2) is 0 Å². The van der Waals surface area contributed by atoms with Gasteiger partial charge in [0.05, 0.1) is 24.3 Å². The molecule has 130 valence electrons. The van der Waals surface area contributed by atoms with E-state index in [-0.39, 0.29) is 24.2 Å². The summed E-state index contributed by atoms with van der Waals surface area (Å²) in [6, 6.07) is 5.57. The van der Waals surface area contributed by atoms with Crippen LogP contribution in [0.3, 0.4) is 0 Å². The number of rotatable bonds is 3. The highest BCUT2D eigenvalue weighted by Gasteiger charge is 2.45. The summed E-state index contributed by atoms with van der Waals surface area (Å²) in [5.41, 5.74) is 0.577. The van der Waals surface area contributed by atoms with Gasteiger partial charge in [0.2, 0.25) is 0 Å². The molecule has 24 heavy (non-hydrogen) atoms. The van der Waals surface area contributed by atoms with E-state index in [2.05, 4.69) is 0 Å². The van der Waals surface area contributed by atoms with E-state index in [9.17, 15) is 4.79 Å². The molecule has 0 unspecified atom stereocenters. The van der Waals surface area contributed by atoms with Gasteiger partial charge in [-0.15, -0.1) is 0 Å². The van der Waals surface area contributed by atoms with Crippen molar-refractivity contribution in [1.29, 1.82) is 0 Å². The van der Waals surface area contributed by atoms with Crippen LogP contribution in [0.2, 0.25) is 0 Å². The Kier molecular flexibility index (Phi) is 4.33. The number of benzene rings is 1. The van der Waals surface area contributed by atoms with E-state index in [1.165, 1.54) is 0 Å². The summed E-state index contributed by atoms with van der Waals surface area (Å²) >= 11 is 0. The highest BCUT2D eigenvalue weighted by atomic mass is 16.6. The number of para-hydroxylation sites is 1. The molecule has 1 amide bonds. The maximum Gasteiger partial charge on any atom is 0.258 e. The molecule has 0 spiro atoms. The predicted octanol–water partition coefficient (Wildman–Crippen LogP) is 1.87. The smallest absolute Gasteiger partial charge is 0.258 e. The molecule has 3 aliphatic rings. The minimum absolute atomic E-state index is 0.00667. The molecule has 1 aromatic rings. The molecule has 0 aromatic heterocycles. The lowest BCUT2D eigenvalue weighted by Crippen LogP contribution is -2.54. The van der Waals surface area contributed by atoms with Crippen LogP contribution in [0.25, 0.3) is 0 Å². The van der Waals surface area contributed by atoms with Crippen LogP contribution in [-0.4, -0.2) is 62.0 Å². The van der Waals surface area contributed by atoms with E-state index in [1.807, 2.05) is 30.0 Å². The molecule has 0 radical (unpaired) electrons. The van der Waals surface area contributed by atoms with Gasteiger partial charge in [0.25, 0.3) is 5.91 Å². The molecule has 1 aliphatic carbocycles. The Morgan fingerprint density at radius 1 is 1.25 bits per heavy atom. The Labute approximate surface area is 141 Å². The van der Waals surface area contributed by atoms with Crippen LogP contribution >= 0.6 is 0 Å². The summed E-state index contributed by atoms with van der Waals surface area (Å²) in [6.45, 7) is 4.79. The molecule has 6 heteroatoms. The predicted molar refractivity (Wildman–Crippen MR) is 86.6 cm³/mol. The molecule has 4 rings (SSSR count). The number of carbonyl (C=O) groups is 1. The van der Waals surface area contributed by atoms with Crippen LogP contribution < -0.4 is 9.47 Å². The highest BCUT2D eigenvalue weighted by Crippen LogP contribution is 2.37. The monoisotopic (exact) mass is 333 g/mol. The highest BCUT2D eigenvalue weighted by molar-refractivity contribution is 5.98. The standard InChI is InChI=1S/C18H23NO5/c1-2-21-15-7-6-13-17(15)23-9-8-19(13)18(20)12-4-3-5-14-16(12)24-11-10-22-14/h3-5,13,15,17H,2,6-11H2,1H3/t13-,15+,17+/m0/s1. The van der Waals surface area contributed by atoms with Crippen LogP contribution in [0.4, 0.5) is 0 Å². The van der Waals surface area contributed by atoms with Crippen LogP contribution in [0, 0.1) is 0 Å². The SMILES string of the molecule is CCO[C@@H]1CC[C@H]2[C@H]1OCCN2C(=O)c1cccc2c1OCCO2.